The van der Waals surface area contributed by atoms with Gasteiger partial charge >= 0.3 is 0 Å². The van der Waals surface area contributed by atoms with Gasteiger partial charge in [0.05, 0.1) is 6.54 Å². The molecule has 17 heteroatoms. The zero-order valence-electron chi connectivity index (χ0n) is 29.1. The maximum Gasteiger partial charge on any atom is 0.243 e. The Balaban J connectivity index is 1.68. The van der Waals surface area contributed by atoms with E-state index >= 15 is 0 Å². The second kappa shape index (κ2) is 19.4. The van der Waals surface area contributed by atoms with Gasteiger partial charge in [0.1, 0.15) is 30.0 Å². The predicted octanol–water partition coefficient (Wildman–Crippen LogP) is -1.06. The minimum atomic E-state index is -1.27. The Morgan fingerprint density at radius 1 is 0.604 bits per heavy atom. The van der Waals surface area contributed by atoms with Gasteiger partial charge < -0.3 is 49.5 Å². The molecule has 0 radical (unpaired) electrons. The standard InChI is InChI=1S/C36H46FN11O5/c37-25-13-10-21(11-14-25)18-29-34(53)46-27(8-4-16-43-36(40)41)33(52)47-28(19-22-9-12-23-5-1-2-6-24(23)17-22)31(50)44-20-30(49)45-26(32(51)48-29)7-3-15-42-35(38)39/h1-2,5-6,9-14,17,26-29H,3-4,7-8,15-16,18-20H2,(H,44,50)(H,45,49)(H,46,53)(H,47,52)(H,48,51)(H4,38,39,42)(H4,40,41,43)/t26-,27-,28-,29+/m0/s1. The Labute approximate surface area is 305 Å². The molecule has 5 amide bonds. The lowest BCUT2D eigenvalue weighted by Gasteiger charge is -2.26. The van der Waals surface area contributed by atoms with Crippen molar-refractivity contribution in [2.75, 3.05) is 19.6 Å². The van der Waals surface area contributed by atoms with Crippen LogP contribution in [0.5, 0.6) is 0 Å². The molecule has 0 saturated carbocycles. The number of halogens is 1. The first-order valence-electron chi connectivity index (χ1n) is 17.2. The monoisotopic (exact) mass is 731 g/mol. The zero-order chi connectivity index (χ0) is 38.3. The molecule has 4 atom stereocenters. The first kappa shape index (κ1) is 39.5. The Hall–Kier alpha value is -6.26. The summed E-state index contributed by atoms with van der Waals surface area (Å²) in [5.74, 6) is -4.28. The van der Waals surface area contributed by atoms with Crippen molar-refractivity contribution in [1.29, 1.82) is 0 Å². The van der Waals surface area contributed by atoms with Crippen LogP contribution in [0.15, 0.2) is 76.7 Å². The van der Waals surface area contributed by atoms with E-state index in [-0.39, 0.29) is 63.5 Å². The maximum absolute atomic E-state index is 14.0. The highest BCUT2D eigenvalue weighted by molar-refractivity contribution is 5.97. The number of hydrogen-bond donors (Lipinski definition) is 9. The van der Waals surface area contributed by atoms with Crippen molar-refractivity contribution in [1.82, 2.24) is 26.6 Å². The lowest BCUT2D eigenvalue weighted by molar-refractivity contribution is -0.134. The van der Waals surface area contributed by atoms with E-state index in [1.165, 1.54) is 24.3 Å². The van der Waals surface area contributed by atoms with Crippen LogP contribution >= 0.6 is 0 Å². The van der Waals surface area contributed by atoms with Crippen LogP contribution in [0.3, 0.4) is 0 Å². The number of guanidine groups is 2. The van der Waals surface area contributed by atoms with Gasteiger partial charge in [-0.05, 0) is 59.7 Å². The number of rotatable bonds is 12. The van der Waals surface area contributed by atoms with Crippen molar-refractivity contribution < 1.29 is 28.4 Å². The van der Waals surface area contributed by atoms with Gasteiger partial charge in [-0.1, -0.05) is 54.6 Å². The largest absolute Gasteiger partial charge is 0.370 e. The number of aliphatic imine (C=N–C) groups is 2. The Kier molecular flexibility index (Phi) is 14.4. The number of nitrogens with one attached hydrogen (secondary N) is 5. The van der Waals surface area contributed by atoms with Crippen LogP contribution in [0.1, 0.15) is 36.8 Å². The summed E-state index contributed by atoms with van der Waals surface area (Å²) >= 11 is 0. The molecule has 3 aromatic rings. The van der Waals surface area contributed by atoms with Crippen LogP contribution in [-0.2, 0) is 36.8 Å². The van der Waals surface area contributed by atoms with E-state index in [9.17, 15) is 28.4 Å². The van der Waals surface area contributed by atoms with E-state index in [2.05, 4.69) is 36.6 Å². The molecule has 1 aliphatic rings. The number of nitrogens with zero attached hydrogens (tertiary/aromatic N) is 2. The molecule has 0 aromatic heterocycles. The summed E-state index contributed by atoms with van der Waals surface area (Å²) < 4.78 is 13.7. The van der Waals surface area contributed by atoms with E-state index in [0.717, 1.165) is 16.3 Å². The predicted molar refractivity (Wildman–Crippen MR) is 198 cm³/mol. The number of carbonyl (C=O) groups excluding carboxylic acids is 5. The second-order valence-electron chi connectivity index (χ2n) is 12.6. The van der Waals surface area contributed by atoms with Crippen molar-refractivity contribution in [3.63, 3.8) is 0 Å². The molecule has 3 aromatic carbocycles. The quantitative estimate of drug-likeness (QED) is 0.0623. The van der Waals surface area contributed by atoms with Crippen molar-refractivity contribution >= 4 is 52.2 Å². The smallest absolute Gasteiger partial charge is 0.243 e. The third kappa shape index (κ3) is 12.8. The highest BCUT2D eigenvalue weighted by Crippen LogP contribution is 2.17. The molecule has 1 heterocycles. The Morgan fingerprint density at radius 2 is 1.09 bits per heavy atom. The maximum atomic E-state index is 14.0. The van der Waals surface area contributed by atoms with Crippen LogP contribution in [-0.4, -0.2) is 85.3 Å². The van der Waals surface area contributed by atoms with Gasteiger partial charge in [0.15, 0.2) is 11.9 Å². The number of carbonyl (C=O) groups is 5. The zero-order valence-corrected chi connectivity index (χ0v) is 29.1. The van der Waals surface area contributed by atoms with Gasteiger partial charge in [-0.2, -0.15) is 0 Å². The molecule has 0 spiro atoms. The topological polar surface area (TPSA) is 274 Å². The third-order valence-corrected chi connectivity index (χ3v) is 8.47. The summed E-state index contributed by atoms with van der Waals surface area (Å²) in [6.45, 7) is -0.212. The first-order valence-corrected chi connectivity index (χ1v) is 17.2. The van der Waals surface area contributed by atoms with E-state index in [4.69, 9.17) is 22.9 Å². The molecule has 1 aliphatic heterocycles. The first-order chi connectivity index (χ1) is 25.4. The minimum absolute atomic E-state index is 0.0549. The number of fused-ring (bicyclic) bond motifs is 1. The normalized spacial score (nSPS) is 20.1. The average molecular weight is 732 g/mol. The average Bonchev–Trinajstić information content (AvgIpc) is 3.12. The number of hydrogen-bond acceptors (Lipinski definition) is 7. The van der Waals surface area contributed by atoms with Crippen LogP contribution in [0.25, 0.3) is 10.8 Å². The van der Waals surface area contributed by atoms with Crippen LogP contribution in [0.4, 0.5) is 4.39 Å². The Morgan fingerprint density at radius 3 is 1.70 bits per heavy atom. The number of benzene rings is 3. The summed E-state index contributed by atoms with van der Waals surface area (Å²) in [7, 11) is 0. The van der Waals surface area contributed by atoms with E-state index < -0.39 is 66.1 Å². The van der Waals surface area contributed by atoms with Gasteiger partial charge in [-0.15, -0.1) is 0 Å². The molecule has 282 valence electrons. The molecule has 1 fully saturated rings. The van der Waals surface area contributed by atoms with E-state index in [1.807, 2.05) is 42.5 Å². The van der Waals surface area contributed by atoms with Crippen LogP contribution in [0.2, 0.25) is 0 Å². The second-order valence-corrected chi connectivity index (χ2v) is 12.6. The van der Waals surface area contributed by atoms with Gasteiger partial charge in [0.2, 0.25) is 29.5 Å². The van der Waals surface area contributed by atoms with Gasteiger partial charge in [-0.25, -0.2) is 4.39 Å². The SMILES string of the molecule is NC(N)=NCCC[C@@H]1NC(=O)CNC(=O)[C@H](Cc2ccc3ccccc3c2)NC(=O)[C@H](CCCN=C(N)N)NC(=O)[C@@H](Cc2ccc(F)cc2)NC1=O. The fourth-order valence-electron chi connectivity index (χ4n) is 5.77. The number of nitrogens with two attached hydrogens (primary N) is 4. The van der Waals surface area contributed by atoms with E-state index in [1.54, 1.807) is 0 Å². The molecule has 0 bridgehead atoms. The van der Waals surface area contributed by atoms with E-state index in [0.29, 0.717) is 5.56 Å². The molecule has 0 unspecified atom stereocenters. The van der Waals surface area contributed by atoms with Crippen LogP contribution < -0.4 is 49.5 Å². The molecule has 4 rings (SSSR count). The van der Waals surface area contributed by atoms with Gasteiger partial charge in [0.25, 0.3) is 0 Å². The summed E-state index contributed by atoms with van der Waals surface area (Å²) in [5, 5.41) is 15.3. The molecule has 13 N–H and O–H groups in total. The molecule has 53 heavy (non-hydrogen) atoms. The third-order valence-electron chi connectivity index (χ3n) is 8.47. The van der Waals surface area contributed by atoms with Crippen molar-refractivity contribution in [3.8, 4) is 0 Å². The molecular formula is C36H46FN11O5. The summed E-state index contributed by atoms with van der Waals surface area (Å²) in [6.07, 6.45) is 0.651. The molecule has 16 nitrogen and oxygen atoms in total. The minimum Gasteiger partial charge on any atom is -0.370 e. The highest BCUT2D eigenvalue weighted by Gasteiger charge is 2.32. The lowest BCUT2D eigenvalue weighted by atomic mass is 10.00. The Bertz CT molecular complexity index is 1830. The van der Waals surface area contributed by atoms with Crippen LogP contribution in [0, 0.1) is 5.82 Å². The van der Waals surface area contributed by atoms with Crippen molar-refractivity contribution in [3.05, 3.63) is 83.7 Å². The summed E-state index contributed by atoms with van der Waals surface area (Å²) in [5.41, 5.74) is 23.0. The van der Waals surface area contributed by atoms with Crippen molar-refractivity contribution in [2.45, 2.75) is 62.7 Å². The molecule has 0 aliphatic carbocycles. The van der Waals surface area contributed by atoms with Gasteiger partial charge in [0, 0.05) is 25.9 Å². The highest BCUT2D eigenvalue weighted by atomic mass is 19.1. The fourth-order valence-corrected chi connectivity index (χ4v) is 5.77. The lowest BCUT2D eigenvalue weighted by Crippen LogP contribution is -2.58. The van der Waals surface area contributed by atoms with Gasteiger partial charge in [-0.3, -0.25) is 34.0 Å². The van der Waals surface area contributed by atoms with Crippen molar-refractivity contribution in [2.24, 2.45) is 32.9 Å². The summed E-state index contributed by atoms with van der Waals surface area (Å²) in [6, 6.07) is 13.9. The molecular weight excluding hydrogens is 685 g/mol. The number of amides is 5. The molecule has 1 saturated heterocycles. The summed E-state index contributed by atoms with van der Waals surface area (Å²) in [4.78, 5) is 76.3. The fraction of sp³-hybridized carbons (Fsp3) is 0.361.